The Balaban J connectivity index is 1.72. The van der Waals surface area contributed by atoms with Gasteiger partial charge in [-0.25, -0.2) is 0 Å². The van der Waals surface area contributed by atoms with E-state index in [1.165, 1.54) is 24.0 Å². The number of benzene rings is 1. The van der Waals surface area contributed by atoms with Crippen LogP contribution in [0.3, 0.4) is 0 Å². The minimum absolute atomic E-state index is 0.337. The summed E-state index contributed by atoms with van der Waals surface area (Å²) in [7, 11) is 0. The van der Waals surface area contributed by atoms with Crippen molar-refractivity contribution in [1.82, 2.24) is 0 Å². The van der Waals surface area contributed by atoms with E-state index < -0.39 is 6.10 Å². The third-order valence-electron chi connectivity index (χ3n) is 4.55. The van der Waals surface area contributed by atoms with Gasteiger partial charge in [-0.1, -0.05) is 31.9 Å². The fourth-order valence-electron chi connectivity index (χ4n) is 3.01. The molecule has 1 saturated carbocycles. The molecular weight excluding hydrogens is 262 g/mol. The highest BCUT2D eigenvalue weighted by atomic mass is 16.5. The smallest absolute Gasteiger partial charge is 0.0945 e. The molecule has 0 aromatic heterocycles. The van der Waals surface area contributed by atoms with E-state index >= 15 is 0 Å². The number of aliphatic hydroxyl groups excluding tert-OH is 1. The molecule has 1 aromatic rings. The second-order valence-corrected chi connectivity index (χ2v) is 6.51. The molecule has 0 amide bonds. The monoisotopic (exact) mass is 291 g/mol. The molecule has 1 fully saturated rings. The summed E-state index contributed by atoms with van der Waals surface area (Å²) in [6, 6.07) is 6.19. The molecular formula is C18H29NO2. The number of aliphatic hydroxyl groups is 1. The molecule has 0 spiro atoms. The van der Waals surface area contributed by atoms with Crippen molar-refractivity contribution in [3.05, 3.63) is 29.3 Å². The first-order chi connectivity index (χ1) is 10.1. The zero-order valence-corrected chi connectivity index (χ0v) is 13.6. The number of aryl methyl sites for hydroxylation is 1. The van der Waals surface area contributed by atoms with Crippen LogP contribution in [0.15, 0.2) is 18.2 Å². The topological polar surface area (TPSA) is 41.5 Å². The molecule has 1 aromatic carbocycles. The lowest BCUT2D eigenvalue weighted by atomic mass is 9.89. The zero-order chi connectivity index (χ0) is 15.2. The molecule has 0 heterocycles. The van der Waals surface area contributed by atoms with E-state index in [0.29, 0.717) is 19.3 Å². The highest BCUT2D eigenvalue weighted by molar-refractivity contribution is 5.53. The van der Waals surface area contributed by atoms with E-state index in [4.69, 9.17) is 4.74 Å². The number of rotatable bonds is 6. The minimum Gasteiger partial charge on any atom is -0.389 e. The fraction of sp³-hybridized carbons (Fsp3) is 0.667. The third-order valence-corrected chi connectivity index (χ3v) is 4.55. The maximum Gasteiger partial charge on any atom is 0.0945 e. The van der Waals surface area contributed by atoms with Gasteiger partial charge in [-0.05, 0) is 49.8 Å². The van der Waals surface area contributed by atoms with Gasteiger partial charge in [0, 0.05) is 12.2 Å². The lowest BCUT2D eigenvalue weighted by Crippen LogP contribution is -2.30. The van der Waals surface area contributed by atoms with Gasteiger partial charge in [0.1, 0.15) is 0 Å². The van der Waals surface area contributed by atoms with Crippen LogP contribution in [0.2, 0.25) is 0 Å². The molecule has 0 radical (unpaired) electrons. The zero-order valence-electron chi connectivity index (χ0n) is 13.6. The molecule has 21 heavy (non-hydrogen) atoms. The van der Waals surface area contributed by atoms with E-state index in [1.807, 2.05) is 6.07 Å². The third kappa shape index (κ3) is 5.01. The Morgan fingerprint density at radius 1 is 1.33 bits per heavy atom. The first kappa shape index (κ1) is 16.3. The van der Waals surface area contributed by atoms with Crippen LogP contribution >= 0.6 is 0 Å². The van der Waals surface area contributed by atoms with Crippen LogP contribution in [0, 0.1) is 19.8 Å². The van der Waals surface area contributed by atoms with Crippen molar-refractivity contribution in [2.24, 2.45) is 5.92 Å². The predicted molar refractivity (Wildman–Crippen MR) is 87.8 cm³/mol. The van der Waals surface area contributed by atoms with Gasteiger partial charge in [-0.3, -0.25) is 0 Å². The highest BCUT2D eigenvalue weighted by Crippen LogP contribution is 2.25. The Morgan fingerprint density at radius 2 is 2.14 bits per heavy atom. The van der Waals surface area contributed by atoms with Crippen molar-refractivity contribution in [3.63, 3.8) is 0 Å². The summed E-state index contributed by atoms with van der Waals surface area (Å²) in [4.78, 5) is 0. The second-order valence-electron chi connectivity index (χ2n) is 6.51. The summed E-state index contributed by atoms with van der Waals surface area (Å²) < 4.78 is 5.87. The van der Waals surface area contributed by atoms with E-state index in [1.54, 1.807) is 0 Å². The van der Waals surface area contributed by atoms with Gasteiger partial charge in [0.05, 0.1) is 18.8 Å². The SMILES string of the molecule is Cc1cccc(NCC(O)COC2CCCC(C)C2)c1C. The largest absolute Gasteiger partial charge is 0.389 e. The quantitative estimate of drug-likeness (QED) is 0.840. The van der Waals surface area contributed by atoms with Gasteiger partial charge in [-0.2, -0.15) is 0 Å². The van der Waals surface area contributed by atoms with Crippen LogP contribution < -0.4 is 5.32 Å². The summed E-state index contributed by atoms with van der Waals surface area (Å²) >= 11 is 0. The summed E-state index contributed by atoms with van der Waals surface area (Å²) in [6.07, 6.45) is 4.73. The van der Waals surface area contributed by atoms with Crippen molar-refractivity contribution in [2.45, 2.75) is 58.7 Å². The lowest BCUT2D eigenvalue weighted by molar-refractivity contribution is -0.0274. The van der Waals surface area contributed by atoms with Crippen molar-refractivity contribution >= 4 is 5.69 Å². The molecule has 0 saturated heterocycles. The van der Waals surface area contributed by atoms with Gasteiger partial charge in [0.15, 0.2) is 0 Å². The summed E-state index contributed by atoms with van der Waals surface area (Å²) in [5.74, 6) is 0.758. The van der Waals surface area contributed by atoms with Crippen molar-refractivity contribution in [1.29, 1.82) is 0 Å². The number of nitrogens with one attached hydrogen (secondary N) is 1. The molecule has 3 unspecified atom stereocenters. The maximum atomic E-state index is 10.1. The van der Waals surface area contributed by atoms with E-state index in [9.17, 15) is 5.11 Å². The number of anilines is 1. The first-order valence-electron chi connectivity index (χ1n) is 8.16. The standard InChI is InChI=1S/C18H29NO2/c1-13-6-4-8-17(10-13)21-12-16(20)11-19-18-9-5-7-14(2)15(18)3/h5,7,9,13,16-17,19-20H,4,6,8,10-12H2,1-3H3. The molecule has 0 bridgehead atoms. The van der Waals surface area contributed by atoms with E-state index in [2.05, 4.69) is 38.2 Å². The van der Waals surface area contributed by atoms with E-state index in [-0.39, 0.29) is 0 Å². The molecule has 2 rings (SSSR count). The highest BCUT2D eigenvalue weighted by Gasteiger charge is 2.20. The van der Waals surface area contributed by atoms with Crippen molar-refractivity contribution in [2.75, 3.05) is 18.5 Å². The Morgan fingerprint density at radius 3 is 2.90 bits per heavy atom. The molecule has 3 nitrogen and oxygen atoms in total. The van der Waals surface area contributed by atoms with Crippen molar-refractivity contribution < 1.29 is 9.84 Å². The fourth-order valence-corrected chi connectivity index (χ4v) is 3.01. The van der Waals surface area contributed by atoms with Gasteiger partial charge in [0.25, 0.3) is 0 Å². The normalized spacial score (nSPS) is 23.8. The van der Waals surface area contributed by atoms with Gasteiger partial charge >= 0.3 is 0 Å². The average molecular weight is 291 g/mol. The summed E-state index contributed by atoms with van der Waals surface area (Å²) in [5.41, 5.74) is 3.61. The predicted octanol–water partition coefficient (Wildman–Crippen LogP) is 3.67. The number of hydrogen-bond acceptors (Lipinski definition) is 3. The Bertz CT molecular complexity index is 447. The molecule has 1 aliphatic rings. The number of ether oxygens (including phenoxy) is 1. The van der Waals surface area contributed by atoms with Gasteiger partial charge in [-0.15, -0.1) is 0 Å². The molecule has 3 heteroatoms. The van der Waals surface area contributed by atoms with Crippen LogP contribution in [-0.2, 0) is 4.74 Å². The van der Waals surface area contributed by atoms with Gasteiger partial charge < -0.3 is 15.2 Å². The minimum atomic E-state index is -0.456. The molecule has 1 aliphatic carbocycles. The summed E-state index contributed by atoms with van der Waals surface area (Å²) in [6.45, 7) is 7.45. The Hall–Kier alpha value is -1.06. The average Bonchev–Trinajstić information content (AvgIpc) is 2.47. The second kappa shape index (κ2) is 7.81. The molecule has 118 valence electrons. The van der Waals surface area contributed by atoms with Crippen LogP contribution in [0.5, 0.6) is 0 Å². The Kier molecular flexibility index (Phi) is 6.07. The lowest BCUT2D eigenvalue weighted by Gasteiger charge is -2.27. The molecule has 2 N–H and O–H groups in total. The Labute approximate surface area is 128 Å². The van der Waals surface area contributed by atoms with Crippen LogP contribution in [0.4, 0.5) is 5.69 Å². The van der Waals surface area contributed by atoms with E-state index in [0.717, 1.165) is 24.4 Å². The first-order valence-corrected chi connectivity index (χ1v) is 8.16. The molecule has 3 atom stereocenters. The maximum absolute atomic E-state index is 10.1. The van der Waals surface area contributed by atoms with Crippen LogP contribution in [0.1, 0.15) is 43.7 Å². The van der Waals surface area contributed by atoms with Crippen molar-refractivity contribution in [3.8, 4) is 0 Å². The molecule has 0 aliphatic heterocycles. The number of hydrogen-bond donors (Lipinski definition) is 2. The van der Waals surface area contributed by atoms with Crippen LogP contribution in [0.25, 0.3) is 0 Å². The van der Waals surface area contributed by atoms with Gasteiger partial charge in [0.2, 0.25) is 0 Å². The summed E-state index contributed by atoms with van der Waals surface area (Å²) in [5, 5.41) is 13.4. The van der Waals surface area contributed by atoms with Crippen LogP contribution in [-0.4, -0.2) is 30.5 Å².